The summed E-state index contributed by atoms with van der Waals surface area (Å²) < 4.78 is 0. The normalized spacial score (nSPS) is 23.1. The maximum Gasteiger partial charge on any atom is 0.304 e. The average Bonchev–Trinajstić information content (AvgIpc) is 2.02. The van der Waals surface area contributed by atoms with E-state index in [0.29, 0.717) is 0 Å². The van der Waals surface area contributed by atoms with Crippen molar-refractivity contribution in [3.05, 3.63) is 11.6 Å². The van der Waals surface area contributed by atoms with Gasteiger partial charge in [0, 0.05) is 0 Å². The van der Waals surface area contributed by atoms with Gasteiger partial charge in [0.15, 0.2) is 0 Å². The Balaban J connectivity index is 2.67. The molecule has 1 aliphatic carbocycles. The number of carboxylic acid groups (broad SMARTS) is 1. The first kappa shape index (κ1) is 11.3. The topological polar surface area (TPSA) is 37.3 Å². The molecule has 0 radical (unpaired) electrons. The molecule has 0 aromatic heterocycles. The van der Waals surface area contributed by atoms with E-state index in [1.54, 1.807) is 0 Å². The molecule has 1 N–H and O–H groups in total. The van der Waals surface area contributed by atoms with E-state index in [0.717, 1.165) is 18.8 Å². The Labute approximate surface area is 86.0 Å². The highest BCUT2D eigenvalue weighted by molar-refractivity contribution is 5.68. The predicted molar refractivity (Wildman–Crippen MR) is 57.1 cm³/mol. The van der Waals surface area contributed by atoms with Crippen LogP contribution in [0.5, 0.6) is 0 Å². The lowest BCUT2D eigenvalue weighted by Crippen LogP contribution is -2.21. The highest BCUT2D eigenvalue weighted by Crippen LogP contribution is 2.37. The van der Waals surface area contributed by atoms with Crippen molar-refractivity contribution in [2.45, 2.75) is 46.5 Å². The predicted octanol–water partition coefficient (Wildman–Crippen LogP) is 3.23. The molecule has 0 fully saturated rings. The Hall–Kier alpha value is -0.790. The van der Waals surface area contributed by atoms with Gasteiger partial charge in [-0.25, -0.2) is 0 Å². The number of carboxylic acids is 1. The van der Waals surface area contributed by atoms with Crippen LogP contribution in [0, 0.1) is 11.3 Å². The molecule has 0 bridgehead atoms. The molecule has 0 heterocycles. The van der Waals surface area contributed by atoms with E-state index in [1.165, 1.54) is 12.0 Å². The summed E-state index contributed by atoms with van der Waals surface area (Å²) in [7, 11) is 0. The molecule has 0 saturated carbocycles. The highest BCUT2D eigenvalue weighted by Gasteiger charge is 2.27. The SMILES string of the molecule is CC1CC=C(C(C)(C)CC(=O)O)CC1. The fraction of sp³-hybridized carbons (Fsp3) is 0.750. The summed E-state index contributed by atoms with van der Waals surface area (Å²) in [6.07, 6.45) is 5.87. The lowest BCUT2D eigenvalue weighted by molar-refractivity contribution is -0.138. The molecular weight excluding hydrogens is 176 g/mol. The van der Waals surface area contributed by atoms with E-state index >= 15 is 0 Å². The van der Waals surface area contributed by atoms with Gasteiger partial charge in [0.2, 0.25) is 0 Å². The number of hydrogen-bond donors (Lipinski definition) is 1. The number of hydrogen-bond acceptors (Lipinski definition) is 1. The summed E-state index contributed by atoms with van der Waals surface area (Å²) in [5.74, 6) is 0.0638. The molecule has 0 spiro atoms. The summed E-state index contributed by atoms with van der Waals surface area (Å²) in [5, 5.41) is 8.80. The maximum absolute atomic E-state index is 10.7. The van der Waals surface area contributed by atoms with E-state index in [9.17, 15) is 4.79 Å². The smallest absolute Gasteiger partial charge is 0.304 e. The van der Waals surface area contributed by atoms with Gasteiger partial charge in [-0.05, 0) is 30.6 Å². The molecule has 1 rings (SSSR count). The van der Waals surface area contributed by atoms with Crippen LogP contribution in [0.1, 0.15) is 46.5 Å². The van der Waals surface area contributed by atoms with E-state index in [2.05, 4.69) is 13.0 Å². The van der Waals surface area contributed by atoms with Gasteiger partial charge in [0.25, 0.3) is 0 Å². The molecule has 14 heavy (non-hydrogen) atoms. The summed E-state index contributed by atoms with van der Waals surface area (Å²) in [5.41, 5.74) is 1.17. The van der Waals surface area contributed by atoms with Crippen LogP contribution in [-0.4, -0.2) is 11.1 Å². The van der Waals surface area contributed by atoms with Crippen LogP contribution in [0.25, 0.3) is 0 Å². The standard InChI is InChI=1S/C12H20O2/c1-9-4-6-10(7-5-9)12(2,3)8-11(13)14/h6,9H,4-5,7-8H2,1-3H3,(H,13,14). The maximum atomic E-state index is 10.7. The van der Waals surface area contributed by atoms with Crippen LogP contribution in [-0.2, 0) is 4.79 Å². The second-order valence-corrected chi connectivity index (χ2v) is 5.06. The monoisotopic (exact) mass is 196 g/mol. The third kappa shape index (κ3) is 2.86. The zero-order chi connectivity index (χ0) is 10.8. The van der Waals surface area contributed by atoms with Crippen LogP contribution in [0.15, 0.2) is 11.6 Å². The molecular formula is C12H20O2. The van der Waals surface area contributed by atoms with E-state index in [-0.39, 0.29) is 11.8 Å². The zero-order valence-corrected chi connectivity index (χ0v) is 9.34. The Kier molecular flexibility index (Phi) is 3.35. The second kappa shape index (κ2) is 4.16. The second-order valence-electron chi connectivity index (χ2n) is 5.06. The Morgan fingerprint density at radius 2 is 2.29 bits per heavy atom. The first-order valence-corrected chi connectivity index (χ1v) is 5.33. The van der Waals surface area contributed by atoms with Crippen LogP contribution in [0.2, 0.25) is 0 Å². The molecule has 0 aliphatic heterocycles. The van der Waals surface area contributed by atoms with Crippen LogP contribution in [0.4, 0.5) is 0 Å². The number of rotatable bonds is 3. The van der Waals surface area contributed by atoms with Crippen molar-refractivity contribution in [2.24, 2.45) is 11.3 Å². The van der Waals surface area contributed by atoms with E-state index < -0.39 is 5.97 Å². The largest absolute Gasteiger partial charge is 0.481 e. The van der Waals surface area contributed by atoms with E-state index in [4.69, 9.17) is 5.11 Å². The minimum absolute atomic E-state index is 0.161. The van der Waals surface area contributed by atoms with Gasteiger partial charge in [-0.2, -0.15) is 0 Å². The molecule has 80 valence electrons. The van der Waals surface area contributed by atoms with Crippen LogP contribution in [0.3, 0.4) is 0 Å². The van der Waals surface area contributed by atoms with Crippen molar-refractivity contribution in [3.8, 4) is 0 Å². The number of allylic oxidation sites excluding steroid dienone is 2. The average molecular weight is 196 g/mol. The molecule has 0 amide bonds. The third-order valence-corrected chi connectivity index (χ3v) is 3.14. The van der Waals surface area contributed by atoms with Gasteiger partial charge in [-0.15, -0.1) is 0 Å². The van der Waals surface area contributed by atoms with Crippen molar-refractivity contribution in [1.29, 1.82) is 0 Å². The van der Waals surface area contributed by atoms with Crippen LogP contribution >= 0.6 is 0 Å². The number of carbonyl (C=O) groups is 1. The van der Waals surface area contributed by atoms with Gasteiger partial charge in [-0.3, -0.25) is 4.79 Å². The van der Waals surface area contributed by atoms with E-state index in [1.807, 2.05) is 13.8 Å². The van der Waals surface area contributed by atoms with Crippen molar-refractivity contribution < 1.29 is 9.90 Å². The summed E-state index contributed by atoms with van der Waals surface area (Å²) >= 11 is 0. The lowest BCUT2D eigenvalue weighted by atomic mass is 9.74. The van der Waals surface area contributed by atoms with Gasteiger partial charge >= 0.3 is 5.97 Å². The van der Waals surface area contributed by atoms with Crippen molar-refractivity contribution in [3.63, 3.8) is 0 Å². The Morgan fingerprint density at radius 1 is 1.64 bits per heavy atom. The molecule has 0 saturated heterocycles. The lowest BCUT2D eigenvalue weighted by Gasteiger charge is -2.30. The van der Waals surface area contributed by atoms with Crippen molar-refractivity contribution in [1.82, 2.24) is 0 Å². The first-order valence-electron chi connectivity index (χ1n) is 5.33. The molecule has 1 atom stereocenters. The highest BCUT2D eigenvalue weighted by atomic mass is 16.4. The minimum atomic E-state index is -0.700. The molecule has 1 unspecified atom stereocenters. The minimum Gasteiger partial charge on any atom is -0.481 e. The summed E-state index contributed by atoms with van der Waals surface area (Å²) in [6, 6.07) is 0. The fourth-order valence-corrected chi connectivity index (χ4v) is 2.07. The quantitative estimate of drug-likeness (QED) is 0.703. The van der Waals surface area contributed by atoms with Crippen molar-refractivity contribution in [2.75, 3.05) is 0 Å². The van der Waals surface area contributed by atoms with Gasteiger partial charge in [0.1, 0.15) is 0 Å². The third-order valence-electron chi connectivity index (χ3n) is 3.14. The summed E-state index contributed by atoms with van der Waals surface area (Å²) in [6.45, 7) is 6.31. The molecule has 2 heteroatoms. The zero-order valence-electron chi connectivity index (χ0n) is 9.34. The fourth-order valence-electron chi connectivity index (χ4n) is 2.07. The molecule has 1 aliphatic rings. The van der Waals surface area contributed by atoms with Crippen LogP contribution < -0.4 is 0 Å². The molecule has 2 nitrogen and oxygen atoms in total. The Bertz CT molecular complexity index is 251. The van der Waals surface area contributed by atoms with Gasteiger partial charge < -0.3 is 5.11 Å². The molecule has 0 aromatic rings. The summed E-state index contributed by atoms with van der Waals surface area (Å²) in [4.78, 5) is 10.7. The number of aliphatic carboxylic acids is 1. The Morgan fingerprint density at radius 3 is 2.71 bits per heavy atom. The molecule has 0 aromatic carbocycles. The van der Waals surface area contributed by atoms with Gasteiger partial charge in [0.05, 0.1) is 6.42 Å². The first-order chi connectivity index (χ1) is 6.42. The van der Waals surface area contributed by atoms with Gasteiger partial charge in [-0.1, -0.05) is 32.4 Å². The van der Waals surface area contributed by atoms with Crippen molar-refractivity contribution >= 4 is 5.97 Å².